The number of amides is 2. The summed E-state index contributed by atoms with van der Waals surface area (Å²) in [7, 11) is 0. The Kier molecular flexibility index (Phi) is 3.91. The van der Waals surface area contributed by atoms with E-state index in [1.807, 2.05) is 0 Å². The van der Waals surface area contributed by atoms with E-state index in [0.717, 1.165) is 12.8 Å². The molecule has 0 aliphatic carbocycles. The topological polar surface area (TPSA) is 94.1 Å². The minimum atomic E-state index is -0.316. The van der Waals surface area contributed by atoms with Gasteiger partial charge in [0.2, 0.25) is 11.8 Å². The normalized spacial score (nSPS) is 19.8. The standard InChI is InChI=1S/C11H17N5O2/c12-11(18)9-2-1-4-15(6-9)10(17)3-5-16-8-13-7-14-16/h7-9H,1-6H2,(H2,12,18)/t9-/m1/s1. The molecule has 98 valence electrons. The van der Waals surface area contributed by atoms with Gasteiger partial charge in [-0.1, -0.05) is 0 Å². The number of nitrogens with zero attached hydrogens (tertiary/aromatic N) is 4. The van der Waals surface area contributed by atoms with Crippen LogP contribution >= 0.6 is 0 Å². The summed E-state index contributed by atoms with van der Waals surface area (Å²) in [6.07, 6.45) is 5.00. The highest BCUT2D eigenvalue weighted by Crippen LogP contribution is 2.16. The molecule has 0 saturated carbocycles. The summed E-state index contributed by atoms with van der Waals surface area (Å²) in [6.45, 7) is 1.67. The lowest BCUT2D eigenvalue weighted by atomic mass is 9.97. The SMILES string of the molecule is NC(=O)[C@@H]1CCCN(C(=O)CCn2cncn2)C1. The average molecular weight is 251 g/mol. The van der Waals surface area contributed by atoms with Crippen LogP contribution in [-0.2, 0) is 16.1 Å². The lowest BCUT2D eigenvalue weighted by Gasteiger charge is -2.31. The molecule has 1 aliphatic heterocycles. The molecule has 0 radical (unpaired) electrons. The highest BCUT2D eigenvalue weighted by atomic mass is 16.2. The van der Waals surface area contributed by atoms with Crippen molar-refractivity contribution in [3.63, 3.8) is 0 Å². The van der Waals surface area contributed by atoms with Crippen molar-refractivity contribution < 1.29 is 9.59 Å². The number of piperidine rings is 1. The molecule has 1 saturated heterocycles. The molecule has 0 unspecified atom stereocenters. The molecule has 7 nitrogen and oxygen atoms in total. The molecule has 2 rings (SSSR count). The molecule has 2 heterocycles. The number of rotatable bonds is 4. The Bertz CT molecular complexity index is 417. The third-order valence-corrected chi connectivity index (χ3v) is 3.20. The fraction of sp³-hybridized carbons (Fsp3) is 0.636. The minimum absolute atomic E-state index is 0.0384. The van der Waals surface area contributed by atoms with Crippen LogP contribution in [0.1, 0.15) is 19.3 Å². The van der Waals surface area contributed by atoms with Gasteiger partial charge in [-0.3, -0.25) is 14.3 Å². The fourth-order valence-electron chi connectivity index (χ4n) is 2.15. The van der Waals surface area contributed by atoms with Gasteiger partial charge in [0.05, 0.1) is 12.5 Å². The van der Waals surface area contributed by atoms with E-state index in [1.54, 1.807) is 15.9 Å². The highest BCUT2D eigenvalue weighted by Gasteiger charge is 2.26. The quantitative estimate of drug-likeness (QED) is 0.772. The van der Waals surface area contributed by atoms with Crippen molar-refractivity contribution in [2.24, 2.45) is 11.7 Å². The van der Waals surface area contributed by atoms with Gasteiger partial charge in [0.15, 0.2) is 0 Å². The number of carbonyl (C=O) groups is 2. The molecule has 2 N–H and O–H groups in total. The summed E-state index contributed by atoms with van der Waals surface area (Å²) in [6, 6.07) is 0. The maximum absolute atomic E-state index is 12.0. The van der Waals surface area contributed by atoms with E-state index in [4.69, 9.17) is 5.73 Å². The number of likely N-dealkylation sites (tertiary alicyclic amines) is 1. The average Bonchev–Trinajstić information content (AvgIpc) is 2.89. The molecular weight excluding hydrogens is 234 g/mol. The predicted octanol–water partition coefficient (Wildman–Crippen LogP) is -0.608. The Morgan fingerprint density at radius 1 is 1.44 bits per heavy atom. The lowest BCUT2D eigenvalue weighted by molar-refractivity contribution is -0.135. The van der Waals surface area contributed by atoms with Crippen LogP contribution in [0.2, 0.25) is 0 Å². The zero-order valence-corrected chi connectivity index (χ0v) is 10.2. The number of aromatic nitrogens is 3. The molecular formula is C11H17N5O2. The molecule has 7 heteroatoms. The molecule has 0 aromatic carbocycles. The van der Waals surface area contributed by atoms with Crippen LogP contribution in [-0.4, -0.2) is 44.6 Å². The van der Waals surface area contributed by atoms with E-state index in [9.17, 15) is 9.59 Å². The molecule has 1 aliphatic rings. The van der Waals surface area contributed by atoms with Gasteiger partial charge in [-0.05, 0) is 12.8 Å². The van der Waals surface area contributed by atoms with Crippen molar-refractivity contribution in [2.75, 3.05) is 13.1 Å². The first-order valence-electron chi connectivity index (χ1n) is 6.06. The first kappa shape index (κ1) is 12.5. The monoisotopic (exact) mass is 251 g/mol. The maximum Gasteiger partial charge on any atom is 0.224 e. The summed E-state index contributed by atoms with van der Waals surface area (Å²) in [5, 5.41) is 3.94. The maximum atomic E-state index is 12.0. The van der Waals surface area contributed by atoms with Crippen molar-refractivity contribution in [3.8, 4) is 0 Å². The molecule has 1 fully saturated rings. The third kappa shape index (κ3) is 3.06. The van der Waals surface area contributed by atoms with E-state index in [0.29, 0.717) is 26.1 Å². The third-order valence-electron chi connectivity index (χ3n) is 3.20. The summed E-state index contributed by atoms with van der Waals surface area (Å²) in [4.78, 5) is 28.6. The van der Waals surface area contributed by atoms with Gasteiger partial charge in [-0.25, -0.2) is 4.98 Å². The van der Waals surface area contributed by atoms with Gasteiger partial charge in [-0.2, -0.15) is 5.10 Å². The van der Waals surface area contributed by atoms with E-state index < -0.39 is 0 Å². The molecule has 1 atom stereocenters. The van der Waals surface area contributed by atoms with Crippen LogP contribution in [0, 0.1) is 5.92 Å². The summed E-state index contributed by atoms with van der Waals surface area (Å²) < 4.78 is 1.62. The van der Waals surface area contributed by atoms with Gasteiger partial charge in [0.1, 0.15) is 12.7 Å². The first-order chi connectivity index (χ1) is 8.66. The van der Waals surface area contributed by atoms with Crippen LogP contribution in [0.15, 0.2) is 12.7 Å². The lowest BCUT2D eigenvalue weighted by Crippen LogP contribution is -2.44. The molecule has 0 bridgehead atoms. The molecule has 1 aromatic rings. The number of aryl methyl sites for hydroxylation is 1. The number of nitrogens with two attached hydrogens (primary N) is 1. The van der Waals surface area contributed by atoms with Crippen LogP contribution in [0.25, 0.3) is 0 Å². The zero-order valence-electron chi connectivity index (χ0n) is 10.2. The van der Waals surface area contributed by atoms with Gasteiger partial charge in [0.25, 0.3) is 0 Å². The Labute approximate surface area is 105 Å². The zero-order chi connectivity index (χ0) is 13.0. The second-order valence-electron chi connectivity index (χ2n) is 4.49. The number of primary amides is 1. The van der Waals surface area contributed by atoms with Crippen molar-refractivity contribution in [1.82, 2.24) is 19.7 Å². The Morgan fingerprint density at radius 2 is 2.28 bits per heavy atom. The molecule has 1 aromatic heterocycles. The summed E-state index contributed by atoms with van der Waals surface area (Å²) in [5.74, 6) is -0.478. The largest absolute Gasteiger partial charge is 0.369 e. The van der Waals surface area contributed by atoms with E-state index in [1.165, 1.54) is 6.33 Å². The highest BCUT2D eigenvalue weighted by molar-refractivity contribution is 5.80. The van der Waals surface area contributed by atoms with E-state index >= 15 is 0 Å². The smallest absolute Gasteiger partial charge is 0.224 e. The molecule has 0 spiro atoms. The van der Waals surface area contributed by atoms with Crippen molar-refractivity contribution >= 4 is 11.8 Å². The second-order valence-corrected chi connectivity index (χ2v) is 4.49. The summed E-state index contributed by atoms with van der Waals surface area (Å²) >= 11 is 0. The minimum Gasteiger partial charge on any atom is -0.369 e. The summed E-state index contributed by atoms with van der Waals surface area (Å²) in [5.41, 5.74) is 5.28. The second kappa shape index (κ2) is 5.61. The number of hydrogen-bond donors (Lipinski definition) is 1. The van der Waals surface area contributed by atoms with Gasteiger partial charge >= 0.3 is 0 Å². The van der Waals surface area contributed by atoms with Gasteiger partial charge < -0.3 is 10.6 Å². The van der Waals surface area contributed by atoms with Crippen molar-refractivity contribution in [3.05, 3.63) is 12.7 Å². The van der Waals surface area contributed by atoms with Gasteiger partial charge in [-0.15, -0.1) is 0 Å². The predicted molar refractivity (Wildman–Crippen MR) is 63.1 cm³/mol. The Hall–Kier alpha value is -1.92. The first-order valence-corrected chi connectivity index (χ1v) is 6.06. The van der Waals surface area contributed by atoms with Crippen molar-refractivity contribution in [2.45, 2.75) is 25.8 Å². The van der Waals surface area contributed by atoms with Crippen LogP contribution in [0.4, 0.5) is 0 Å². The van der Waals surface area contributed by atoms with Gasteiger partial charge in [0, 0.05) is 19.5 Å². The fourth-order valence-corrected chi connectivity index (χ4v) is 2.15. The number of hydrogen-bond acceptors (Lipinski definition) is 4. The van der Waals surface area contributed by atoms with Crippen LogP contribution < -0.4 is 5.73 Å². The molecule has 18 heavy (non-hydrogen) atoms. The Morgan fingerprint density at radius 3 is 2.94 bits per heavy atom. The van der Waals surface area contributed by atoms with Crippen LogP contribution in [0.5, 0.6) is 0 Å². The Balaban J connectivity index is 1.83. The van der Waals surface area contributed by atoms with Crippen molar-refractivity contribution in [1.29, 1.82) is 0 Å². The van der Waals surface area contributed by atoms with Crippen LogP contribution in [0.3, 0.4) is 0 Å². The van der Waals surface area contributed by atoms with E-state index in [2.05, 4.69) is 10.1 Å². The number of carbonyl (C=O) groups excluding carboxylic acids is 2. The molecule has 2 amide bonds. The van der Waals surface area contributed by atoms with E-state index in [-0.39, 0.29) is 17.7 Å².